The van der Waals surface area contributed by atoms with Crippen LogP contribution in [-0.2, 0) is 9.53 Å². The van der Waals surface area contributed by atoms with Crippen LogP contribution in [0.3, 0.4) is 0 Å². The van der Waals surface area contributed by atoms with Gasteiger partial charge < -0.3 is 15.4 Å². The fourth-order valence-corrected chi connectivity index (χ4v) is 1.21. The van der Waals surface area contributed by atoms with Crippen molar-refractivity contribution in [3.05, 3.63) is 29.3 Å². The maximum Gasteiger partial charge on any atom is 0.341 e. The molecule has 0 heterocycles. The Kier molecular flexibility index (Phi) is 4.80. The highest BCUT2D eigenvalue weighted by Crippen LogP contribution is 2.17. The zero-order valence-electron chi connectivity index (χ0n) is 10.6. The minimum atomic E-state index is -1.12. The number of carbonyl (C=O) groups excluding carboxylic acids is 2. The van der Waals surface area contributed by atoms with Gasteiger partial charge in [-0.1, -0.05) is 0 Å². The first-order valence-corrected chi connectivity index (χ1v) is 5.52. The Morgan fingerprint density at radius 1 is 1.32 bits per heavy atom. The molecule has 104 valence electrons. The third-order valence-corrected chi connectivity index (χ3v) is 2.53. The monoisotopic (exact) mass is 272 g/mol. The van der Waals surface area contributed by atoms with Crippen LogP contribution in [0, 0.1) is 11.6 Å². The van der Waals surface area contributed by atoms with Crippen molar-refractivity contribution in [2.24, 2.45) is 0 Å². The van der Waals surface area contributed by atoms with E-state index in [2.05, 4.69) is 4.74 Å². The Labute approximate surface area is 108 Å². The van der Waals surface area contributed by atoms with Crippen LogP contribution in [-0.4, -0.2) is 37.0 Å². The third-order valence-electron chi connectivity index (χ3n) is 2.53. The number of carbonyl (C=O) groups is 2. The Hall–Kier alpha value is -2.18. The number of nitrogen functional groups attached to an aromatic ring is 1. The second kappa shape index (κ2) is 6.12. The van der Waals surface area contributed by atoms with Crippen molar-refractivity contribution in [1.29, 1.82) is 0 Å². The molecule has 0 saturated heterocycles. The minimum absolute atomic E-state index is 0.407. The SMILES string of the molecule is CCN(C)C(=O)COC(=O)c1cc(F)c(N)cc1F. The summed E-state index contributed by atoms with van der Waals surface area (Å²) in [6.07, 6.45) is 0. The summed E-state index contributed by atoms with van der Waals surface area (Å²) < 4.78 is 31.1. The van der Waals surface area contributed by atoms with E-state index in [9.17, 15) is 18.4 Å². The molecule has 0 aliphatic rings. The predicted octanol–water partition coefficient (Wildman–Crippen LogP) is 1.18. The highest BCUT2D eigenvalue weighted by atomic mass is 19.1. The van der Waals surface area contributed by atoms with Crippen molar-refractivity contribution < 1.29 is 23.1 Å². The molecule has 0 radical (unpaired) electrons. The van der Waals surface area contributed by atoms with E-state index in [4.69, 9.17) is 5.73 Å². The summed E-state index contributed by atoms with van der Waals surface area (Å²) in [5.41, 5.74) is 4.14. The van der Waals surface area contributed by atoms with E-state index in [0.717, 1.165) is 0 Å². The first kappa shape index (κ1) is 14.9. The highest BCUT2D eigenvalue weighted by molar-refractivity contribution is 5.92. The lowest BCUT2D eigenvalue weighted by Gasteiger charge is -2.14. The highest BCUT2D eigenvalue weighted by Gasteiger charge is 2.18. The van der Waals surface area contributed by atoms with Crippen molar-refractivity contribution in [1.82, 2.24) is 4.90 Å². The smallest absolute Gasteiger partial charge is 0.341 e. The van der Waals surface area contributed by atoms with E-state index in [1.165, 1.54) is 11.9 Å². The number of nitrogens with zero attached hydrogens (tertiary/aromatic N) is 1. The first-order valence-electron chi connectivity index (χ1n) is 5.52. The van der Waals surface area contributed by atoms with Crippen LogP contribution >= 0.6 is 0 Å². The van der Waals surface area contributed by atoms with E-state index in [0.29, 0.717) is 18.7 Å². The molecule has 1 amide bonds. The maximum absolute atomic E-state index is 13.4. The molecule has 0 fully saturated rings. The van der Waals surface area contributed by atoms with Crippen LogP contribution in [0.2, 0.25) is 0 Å². The third kappa shape index (κ3) is 3.64. The Morgan fingerprint density at radius 2 is 1.95 bits per heavy atom. The summed E-state index contributed by atoms with van der Waals surface area (Å²) in [5.74, 6) is -3.48. The number of ether oxygens (including phenoxy) is 1. The molecule has 0 saturated carbocycles. The molecule has 1 aromatic carbocycles. The number of rotatable bonds is 4. The number of nitrogens with two attached hydrogens (primary N) is 1. The molecule has 0 unspecified atom stereocenters. The van der Waals surface area contributed by atoms with Crippen molar-refractivity contribution in [3.63, 3.8) is 0 Å². The van der Waals surface area contributed by atoms with Gasteiger partial charge in [-0.05, 0) is 13.0 Å². The van der Waals surface area contributed by atoms with Crippen molar-refractivity contribution in [3.8, 4) is 0 Å². The Morgan fingerprint density at radius 3 is 2.53 bits per heavy atom. The number of likely N-dealkylation sites (N-methyl/N-ethyl adjacent to an activating group) is 1. The van der Waals surface area contributed by atoms with E-state index in [1.807, 2.05) is 0 Å². The van der Waals surface area contributed by atoms with Crippen LogP contribution in [0.25, 0.3) is 0 Å². The molecule has 19 heavy (non-hydrogen) atoms. The quantitative estimate of drug-likeness (QED) is 0.660. The summed E-state index contributed by atoms with van der Waals surface area (Å²) in [7, 11) is 1.53. The standard InChI is InChI=1S/C12H14F2N2O3/c1-3-16(2)11(17)6-19-12(18)7-4-9(14)10(15)5-8(7)13/h4-5H,3,6,15H2,1-2H3. The normalized spacial score (nSPS) is 10.1. The molecule has 0 aromatic heterocycles. The average Bonchev–Trinajstić information content (AvgIpc) is 2.38. The fourth-order valence-electron chi connectivity index (χ4n) is 1.21. The number of amides is 1. The first-order chi connectivity index (χ1) is 8.86. The molecule has 2 N–H and O–H groups in total. The summed E-state index contributed by atoms with van der Waals surface area (Å²) in [6.45, 7) is 1.66. The number of esters is 1. The number of benzene rings is 1. The van der Waals surface area contributed by atoms with Crippen LogP contribution in [0.4, 0.5) is 14.5 Å². The molecule has 0 spiro atoms. The molecular weight excluding hydrogens is 258 g/mol. The number of halogens is 2. The van der Waals surface area contributed by atoms with Gasteiger partial charge in [-0.25, -0.2) is 13.6 Å². The summed E-state index contributed by atoms with van der Waals surface area (Å²) in [4.78, 5) is 24.2. The van der Waals surface area contributed by atoms with Gasteiger partial charge >= 0.3 is 5.97 Å². The number of hydrogen-bond donors (Lipinski definition) is 1. The molecule has 5 nitrogen and oxygen atoms in total. The van der Waals surface area contributed by atoms with Crippen molar-refractivity contribution >= 4 is 17.6 Å². The van der Waals surface area contributed by atoms with Gasteiger partial charge in [0.05, 0.1) is 11.3 Å². The van der Waals surface area contributed by atoms with Gasteiger partial charge in [0.2, 0.25) is 0 Å². The number of anilines is 1. The van der Waals surface area contributed by atoms with Gasteiger partial charge in [-0.2, -0.15) is 0 Å². The molecule has 0 bridgehead atoms. The predicted molar refractivity (Wildman–Crippen MR) is 64.4 cm³/mol. The van der Waals surface area contributed by atoms with Gasteiger partial charge in [0.1, 0.15) is 11.6 Å². The average molecular weight is 272 g/mol. The molecule has 1 aromatic rings. The lowest BCUT2D eigenvalue weighted by atomic mass is 10.2. The topological polar surface area (TPSA) is 72.6 Å². The maximum atomic E-state index is 13.4. The van der Waals surface area contributed by atoms with Gasteiger partial charge in [0.25, 0.3) is 5.91 Å². The second-order valence-electron chi connectivity index (χ2n) is 3.84. The van der Waals surface area contributed by atoms with Gasteiger partial charge in [0.15, 0.2) is 6.61 Å². The van der Waals surface area contributed by atoms with E-state index in [-0.39, 0.29) is 0 Å². The summed E-state index contributed by atoms with van der Waals surface area (Å²) in [6, 6.07) is 1.33. The summed E-state index contributed by atoms with van der Waals surface area (Å²) >= 11 is 0. The Balaban J connectivity index is 2.74. The molecule has 0 atom stereocenters. The zero-order chi connectivity index (χ0) is 14.6. The summed E-state index contributed by atoms with van der Waals surface area (Å²) in [5, 5.41) is 0. The van der Waals surface area contributed by atoms with Crippen LogP contribution in [0.1, 0.15) is 17.3 Å². The molecule has 1 rings (SSSR count). The van der Waals surface area contributed by atoms with E-state index in [1.54, 1.807) is 6.92 Å². The lowest BCUT2D eigenvalue weighted by Crippen LogP contribution is -2.31. The molecule has 0 aliphatic carbocycles. The fraction of sp³-hybridized carbons (Fsp3) is 0.333. The molecule has 7 heteroatoms. The van der Waals surface area contributed by atoms with Gasteiger partial charge in [-0.3, -0.25) is 4.79 Å². The van der Waals surface area contributed by atoms with Gasteiger partial charge in [0, 0.05) is 19.7 Å². The van der Waals surface area contributed by atoms with Crippen molar-refractivity contribution in [2.45, 2.75) is 6.92 Å². The second-order valence-corrected chi connectivity index (χ2v) is 3.84. The largest absolute Gasteiger partial charge is 0.452 e. The Bertz CT molecular complexity index is 506. The van der Waals surface area contributed by atoms with Crippen LogP contribution < -0.4 is 5.73 Å². The van der Waals surface area contributed by atoms with Crippen molar-refractivity contribution in [2.75, 3.05) is 25.9 Å². The van der Waals surface area contributed by atoms with E-state index < -0.39 is 41.4 Å². The van der Waals surface area contributed by atoms with E-state index >= 15 is 0 Å². The van der Waals surface area contributed by atoms with Crippen LogP contribution in [0.5, 0.6) is 0 Å². The zero-order valence-corrected chi connectivity index (χ0v) is 10.6. The van der Waals surface area contributed by atoms with Crippen LogP contribution in [0.15, 0.2) is 12.1 Å². The number of hydrogen-bond acceptors (Lipinski definition) is 4. The molecule has 0 aliphatic heterocycles. The molecular formula is C12H14F2N2O3. The minimum Gasteiger partial charge on any atom is -0.452 e. The lowest BCUT2D eigenvalue weighted by molar-refractivity contribution is -0.133. The van der Waals surface area contributed by atoms with Gasteiger partial charge in [-0.15, -0.1) is 0 Å².